The first-order chi connectivity index (χ1) is 7.72. The molecule has 4 heteroatoms. The number of carbonyl (C=O) groups is 1. The largest absolute Gasteiger partial charge is 0.504 e. The van der Waals surface area contributed by atoms with Crippen LogP contribution in [0.2, 0.25) is 0 Å². The zero-order chi connectivity index (χ0) is 12.0. The molecular weight excluding hydrogens is 228 g/mol. The summed E-state index contributed by atoms with van der Waals surface area (Å²) in [5.41, 5.74) is 1.12. The van der Waals surface area contributed by atoms with Crippen molar-refractivity contribution in [2.24, 2.45) is 0 Å². The van der Waals surface area contributed by atoms with Crippen molar-refractivity contribution >= 4 is 24.0 Å². The molecule has 0 aliphatic rings. The van der Waals surface area contributed by atoms with Crippen LogP contribution < -0.4 is 4.74 Å². The van der Waals surface area contributed by atoms with Gasteiger partial charge < -0.3 is 9.84 Å². The summed E-state index contributed by atoms with van der Waals surface area (Å²) >= 11 is 5.53. The summed E-state index contributed by atoms with van der Waals surface area (Å²) in [6, 6.07) is 3.00. The van der Waals surface area contributed by atoms with Crippen LogP contribution in [-0.4, -0.2) is 24.4 Å². The highest BCUT2D eigenvalue weighted by atomic mass is 35.5. The summed E-state index contributed by atoms with van der Waals surface area (Å²) in [6.45, 7) is 0. The van der Waals surface area contributed by atoms with E-state index in [1.54, 1.807) is 6.08 Å². The normalized spacial score (nSPS) is 10.6. The van der Waals surface area contributed by atoms with Crippen LogP contribution in [-0.2, 0) is 0 Å². The molecule has 1 aromatic carbocycles. The monoisotopic (exact) mass is 240 g/mol. The Morgan fingerprint density at radius 3 is 2.75 bits per heavy atom. The fourth-order valence-corrected chi connectivity index (χ4v) is 1.41. The molecule has 0 unspecified atom stereocenters. The van der Waals surface area contributed by atoms with Crippen LogP contribution >= 0.6 is 11.6 Å². The zero-order valence-corrected chi connectivity index (χ0v) is 9.70. The Morgan fingerprint density at radius 2 is 2.19 bits per heavy atom. The van der Waals surface area contributed by atoms with Crippen molar-refractivity contribution in [1.29, 1.82) is 0 Å². The highest BCUT2D eigenvalue weighted by Crippen LogP contribution is 2.29. The number of aromatic hydroxyl groups is 1. The molecule has 0 amide bonds. The second-order valence-corrected chi connectivity index (χ2v) is 3.53. The SMILES string of the molecule is COc1cc(C=O)c(C=CCCCl)cc1O. The van der Waals surface area contributed by atoms with E-state index in [9.17, 15) is 9.90 Å². The van der Waals surface area contributed by atoms with Crippen molar-refractivity contribution in [1.82, 2.24) is 0 Å². The highest BCUT2D eigenvalue weighted by molar-refractivity contribution is 6.17. The minimum absolute atomic E-state index is 0.0126. The minimum atomic E-state index is 0.0126. The first-order valence-corrected chi connectivity index (χ1v) is 5.35. The molecule has 3 nitrogen and oxygen atoms in total. The topological polar surface area (TPSA) is 46.5 Å². The first-order valence-electron chi connectivity index (χ1n) is 4.81. The van der Waals surface area contributed by atoms with Crippen molar-refractivity contribution in [2.45, 2.75) is 6.42 Å². The summed E-state index contributed by atoms with van der Waals surface area (Å²) in [5, 5.41) is 9.57. The molecule has 86 valence electrons. The van der Waals surface area contributed by atoms with Gasteiger partial charge in [0.15, 0.2) is 17.8 Å². The molecule has 1 N–H and O–H groups in total. The lowest BCUT2D eigenvalue weighted by Crippen LogP contribution is -1.90. The third-order valence-electron chi connectivity index (χ3n) is 2.08. The molecule has 0 atom stereocenters. The molecule has 0 fully saturated rings. The van der Waals surface area contributed by atoms with Gasteiger partial charge in [-0.25, -0.2) is 0 Å². The van der Waals surface area contributed by atoms with E-state index in [4.69, 9.17) is 16.3 Å². The maximum absolute atomic E-state index is 10.8. The third-order valence-corrected chi connectivity index (χ3v) is 2.30. The number of allylic oxidation sites excluding steroid dienone is 1. The van der Waals surface area contributed by atoms with Crippen LogP contribution in [0, 0.1) is 0 Å². The smallest absolute Gasteiger partial charge is 0.161 e. The summed E-state index contributed by atoms with van der Waals surface area (Å²) in [5.74, 6) is 0.824. The Morgan fingerprint density at radius 1 is 1.44 bits per heavy atom. The van der Waals surface area contributed by atoms with E-state index < -0.39 is 0 Å². The molecule has 0 heterocycles. The van der Waals surface area contributed by atoms with E-state index in [1.165, 1.54) is 19.2 Å². The van der Waals surface area contributed by atoms with Gasteiger partial charge in [-0.1, -0.05) is 12.2 Å². The second kappa shape index (κ2) is 6.18. The maximum Gasteiger partial charge on any atom is 0.161 e. The summed E-state index contributed by atoms with van der Waals surface area (Å²) in [6.07, 6.45) is 5.04. The lowest BCUT2D eigenvalue weighted by molar-refractivity contribution is 0.112. The van der Waals surface area contributed by atoms with E-state index in [-0.39, 0.29) is 11.5 Å². The molecule has 0 spiro atoms. The van der Waals surface area contributed by atoms with Crippen LogP contribution in [0.4, 0.5) is 0 Å². The zero-order valence-electron chi connectivity index (χ0n) is 8.94. The molecule has 0 saturated heterocycles. The van der Waals surface area contributed by atoms with Gasteiger partial charge in [0, 0.05) is 11.4 Å². The Balaban J connectivity index is 3.08. The fraction of sp³-hybridized carbons (Fsp3) is 0.250. The third kappa shape index (κ3) is 3.00. The summed E-state index contributed by atoms with van der Waals surface area (Å²) in [4.78, 5) is 10.8. The quantitative estimate of drug-likeness (QED) is 0.636. The lowest BCUT2D eigenvalue weighted by Gasteiger charge is -2.06. The van der Waals surface area contributed by atoms with Gasteiger partial charge in [0.25, 0.3) is 0 Å². The number of alkyl halides is 1. The van der Waals surface area contributed by atoms with Gasteiger partial charge in [-0.15, -0.1) is 11.6 Å². The second-order valence-electron chi connectivity index (χ2n) is 3.15. The van der Waals surface area contributed by atoms with Crippen LogP contribution in [0.3, 0.4) is 0 Å². The van der Waals surface area contributed by atoms with Crippen molar-refractivity contribution in [2.75, 3.05) is 13.0 Å². The number of ether oxygens (including phenoxy) is 1. The van der Waals surface area contributed by atoms with Crippen LogP contribution in [0.15, 0.2) is 18.2 Å². The number of carbonyl (C=O) groups excluding carboxylic acids is 1. The van der Waals surface area contributed by atoms with Gasteiger partial charge in [0.2, 0.25) is 0 Å². The Hall–Kier alpha value is -1.48. The Bertz CT molecular complexity index is 399. The van der Waals surface area contributed by atoms with E-state index in [1.807, 2.05) is 6.08 Å². The Kier molecular flexibility index (Phi) is 4.86. The van der Waals surface area contributed by atoms with Gasteiger partial charge >= 0.3 is 0 Å². The predicted molar refractivity (Wildman–Crippen MR) is 64.4 cm³/mol. The number of aldehydes is 1. The number of halogens is 1. The van der Waals surface area contributed by atoms with Crippen LogP contribution in [0.25, 0.3) is 6.08 Å². The first kappa shape index (κ1) is 12.6. The molecule has 0 aliphatic heterocycles. The summed E-state index contributed by atoms with van der Waals surface area (Å²) in [7, 11) is 1.44. The predicted octanol–water partition coefficient (Wildman–Crippen LogP) is 2.86. The number of benzene rings is 1. The van der Waals surface area contributed by atoms with Gasteiger partial charge in [0.1, 0.15) is 0 Å². The molecule has 0 aliphatic carbocycles. The molecule has 1 rings (SSSR count). The molecule has 0 saturated carbocycles. The van der Waals surface area contributed by atoms with Crippen LogP contribution in [0.5, 0.6) is 11.5 Å². The van der Waals surface area contributed by atoms with Gasteiger partial charge in [-0.05, 0) is 24.1 Å². The van der Waals surface area contributed by atoms with E-state index in [0.29, 0.717) is 23.4 Å². The minimum Gasteiger partial charge on any atom is -0.504 e. The number of rotatable bonds is 5. The van der Waals surface area contributed by atoms with Crippen molar-refractivity contribution < 1.29 is 14.6 Å². The number of methoxy groups -OCH3 is 1. The van der Waals surface area contributed by atoms with E-state index in [0.717, 1.165) is 6.29 Å². The highest BCUT2D eigenvalue weighted by Gasteiger charge is 2.06. The number of phenolic OH excluding ortho intramolecular Hbond substituents is 1. The van der Waals surface area contributed by atoms with Crippen molar-refractivity contribution in [3.8, 4) is 11.5 Å². The molecule has 16 heavy (non-hydrogen) atoms. The number of hydrogen-bond acceptors (Lipinski definition) is 3. The number of phenols is 1. The fourth-order valence-electron chi connectivity index (χ4n) is 1.28. The van der Waals surface area contributed by atoms with E-state index in [2.05, 4.69) is 0 Å². The average Bonchev–Trinajstić information content (AvgIpc) is 2.30. The molecule has 0 radical (unpaired) electrons. The lowest BCUT2D eigenvalue weighted by atomic mass is 10.1. The molecule has 0 bridgehead atoms. The van der Waals surface area contributed by atoms with Gasteiger partial charge in [0.05, 0.1) is 7.11 Å². The van der Waals surface area contributed by atoms with Crippen LogP contribution in [0.1, 0.15) is 22.3 Å². The molecule has 1 aromatic rings. The number of hydrogen-bond donors (Lipinski definition) is 1. The standard InChI is InChI=1S/C12H13ClO3/c1-16-12-7-10(8-14)9(6-11(12)15)4-2-3-5-13/h2,4,6-8,15H,3,5H2,1H3. The maximum atomic E-state index is 10.8. The van der Waals surface area contributed by atoms with E-state index >= 15 is 0 Å². The van der Waals surface area contributed by atoms with Gasteiger partial charge in [-0.3, -0.25) is 4.79 Å². The Labute approximate surface area is 99.3 Å². The molecule has 0 aromatic heterocycles. The van der Waals surface area contributed by atoms with Crippen molar-refractivity contribution in [3.05, 3.63) is 29.3 Å². The molecular formula is C12H13ClO3. The van der Waals surface area contributed by atoms with Crippen molar-refractivity contribution in [3.63, 3.8) is 0 Å². The average molecular weight is 241 g/mol. The summed E-state index contributed by atoms with van der Waals surface area (Å²) < 4.78 is 4.91. The van der Waals surface area contributed by atoms with Gasteiger partial charge in [-0.2, -0.15) is 0 Å².